The van der Waals surface area contributed by atoms with Crippen molar-refractivity contribution in [2.75, 3.05) is 11.1 Å². The summed E-state index contributed by atoms with van der Waals surface area (Å²) < 4.78 is 2.03. The van der Waals surface area contributed by atoms with Gasteiger partial charge in [0.2, 0.25) is 5.91 Å². The van der Waals surface area contributed by atoms with Crippen molar-refractivity contribution in [2.24, 2.45) is 0 Å². The second kappa shape index (κ2) is 9.57. The monoisotopic (exact) mass is 467 g/mol. The number of nitrogens with zero attached hydrogens (tertiary/aromatic N) is 3. The average molecular weight is 468 g/mol. The quantitative estimate of drug-likeness (QED) is 0.287. The molecule has 0 radical (unpaired) electrons. The van der Waals surface area contributed by atoms with E-state index in [0.29, 0.717) is 5.16 Å². The predicted octanol–water partition coefficient (Wildman–Crippen LogP) is 6.02. The molecule has 34 heavy (non-hydrogen) atoms. The van der Waals surface area contributed by atoms with Crippen LogP contribution in [0.4, 0.5) is 5.69 Å². The van der Waals surface area contributed by atoms with E-state index in [9.17, 15) is 4.79 Å². The Balaban J connectivity index is 1.47. The second-order valence-corrected chi connectivity index (χ2v) is 9.02. The highest BCUT2D eigenvalue weighted by molar-refractivity contribution is 7.99. The first-order valence-corrected chi connectivity index (χ1v) is 12.2. The molecule has 5 aromatic rings. The van der Waals surface area contributed by atoms with Crippen molar-refractivity contribution in [3.8, 4) is 17.1 Å². The third-order valence-electron chi connectivity index (χ3n) is 5.73. The summed E-state index contributed by atoms with van der Waals surface area (Å²) >= 11 is 1.38. The fourth-order valence-electron chi connectivity index (χ4n) is 4.06. The molecule has 2 aromatic heterocycles. The van der Waals surface area contributed by atoms with Gasteiger partial charge in [-0.1, -0.05) is 67.2 Å². The number of carbonyl (C=O) groups excluding carboxylic acids is 1. The fraction of sp³-hybridized carbons (Fsp3) is 0.148. The molecule has 0 aliphatic rings. The third-order valence-corrected chi connectivity index (χ3v) is 6.66. The van der Waals surface area contributed by atoms with Crippen molar-refractivity contribution in [3.05, 3.63) is 90.1 Å². The molecule has 2 heterocycles. The largest absolute Gasteiger partial charge is 0.360 e. The highest BCUT2D eigenvalue weighted by Crippen LogP contribution is 2.32. The number of hydrogen-bond acceptors (Lipinski definition) is 4. The number of anilines is 1. The van der Waals surface area contributed by atoms with E-state index in [1.807, 2.05) is 65.4 Å². The van der Waals surface area contributed by atoms with Crippen molar-refractivity contribution in [3.63, 3.8) is 0 Å². The van der Waals surface area contributed by atoms with Gasteiger partial charge in [-0.2, -0.15) is 0 Å². The zero-order chi connectivity index (χ0) is 23.5. The number of thioether (sulfide) groups is 1. The summed E-state index contributed by atoms with van der Waals surface area (Å²) in [7, 11) is 0. The number of aromatic amines is 1. The van der Waals surface area contributed by atoms with E-state index >= 15 is 0 Å². The number of nitrogens with one attached hydrogen (secondary N) is 2. The van der Waals surface area contributed by atoms with Gasteiger partial charge in [0.15, 0.2) is 11.0 Å². The van der Waals surface area contributed by atoms with E-state index in [4.69, 9.17) is 0 Å². The topological polar surface area (TPSA) is 75.6 Å². The van der Waals surface area contributed by atoms with E-state index in [1.54, 1.807) is 0 Å². The number of benzene rings is 3. The normalized spacial score (nSPS) is 11.1. The summed E-state index contributed by atoms with van der Waals surface area (Å²) in [5, 5.41) is 13.8. The molecule has 5 rings (SSSR count). The molecule has 0 aliphatic carbocycles. The molecule has 6 nitrogen and oxygen atoms in total. The Morgan fingerprint density at radius 3 is 2.71 bits per heavy atom. The molecule has 0 saturated carbocycles. The van der Waals surface area contributed by atoms with Crippen LogP contribution in [0.3, 0.4) is 0 Å². The van der Waals surface area contributed by atoms with Gasteiger partial charge >= 0.3 is 0 Å². The summed E-state index contributed by atoms with van der Waals surface area (Å²) in [6, 6.07) is 24.2. The molecule has 0 saturated heterocycles. The van der Waals surface area contributed by atoms with Crippen LogP contribution >= 0.6 is 11.8 Å². The van der Waals surface area contributed by atoms with Crippen molar-refractivity contribution in [2.45, 2.75) is 25.4 Å². The van der Waals surface area contributed by atoms with Crippen LogP contribution in [0.1, 0.15) is 18.1 Å². The number of carbonyl (C=O) groups is 1. The lowest BCUT2D eigenvalue weighted by Gasteiger charge is -2.12. The smallest absolute Gasteiger partial charge is 0.234 e. The lowest BCUT2D eigenvalue weighted by molar-refractivity contribution is -0.113. The van der Waals surface area contributed by atoms with Gasteiger partial charge < -0.3 is 10.3 Å². The first-order chi connectivity index (χ1) is 16.6. The Labute approximate surface area is 202 Å². The Kier molecular flexibility index (Phi) is 6.18. The van der Waals surface area contributed by atoms with Gasteiger partial charge in [0.25, 0.3) is 0 Å². The predicted molar refractivity (Wildman–Crippen MR) is 139 cm³/mol. The van der Waals surface area contributed by atoms with Crippen LogP contribution in [0, 0.1) is 6.92 Å². The molecular weight excluding hydrogens is 442 g/mol. The molecule has 1 amide bonds. The van der Waals surface area contributed by atoms with Crippen LogP contribution in [0.2, 0.25) is 0 Å². The van der Waals surface area contributed by atoms with Gasteiger partial charge in [-0.25, -0.2) is 0 Å². The molecule has 0 fully saturated rings. The number of hydrogen-bond donors (Lipinski definition) is 2. The van der Waals surface area contributed by atoms with Gasteiger partial charge in [-0.3, -0.25) is 9.36 Å². The summed E-state index contributed by atoms with van der Waals surface area (Å²) in [4.78, 5) is 16.1. The Hall–Kier alpha value is -3.84. The SMILES string of the molecule is CCc1ccccc1NC(=O)CSc1nnc(-c2c[nH]c3ccccc23)n1-c1cccc(C)c1. The maximum Gasteiger partial charge on any atom is 0.234 e. The highest BCUT2D eigenvalue weighted by atomic mass is 32.2. The first-order valence-electron chi connectivity index (χ1n) is 11.2. The average Bonchev–Trinajstić information content (AvgIpc) is 3.47. The van der Waals surface area contributed by atoms with Crippen LogP contribution in [-0.4, -0.2) is 31.4 Å². The minimum atomic E-state index is -0.0710. The van der Waals surface area contributed by atoms with Gasteiger partial charge in [-0.05, 0) is 48.7 Å². The van der Waals surface area contributed by atoms with Crippen LogP contribution in [0.5, 0.6) is 0 Å². The summed E-state index contributed by atoms with van der Waals surface area (Å²) in [5.74, 6) is 0.899. The van der Waals surface area contributed by atoms with Gasteiger partial charge in [0, 0.05) is 34.0 Å². The zero-order valence-electron chi connectivity index (χ0n) is 19.1. The van der Waals surface area contributed by atoms with Crippen LogP contribution in [0.15, 0.2) is 84.1 Å². The number of fused-ring (bicyclic) bond motifs is 1. The number of H-pyrrole nitrogens is 1. The zero-order valence-corrected chi connectivity index (χ0v) is 19.9. The van der Waals surface area contributed by atoms with Crippen molar-refractivity contribution in [1.82, 2.24) is 19.7 Å². The first kappa shape index (κ1) is 22.0. The molecule has 0 aliphatic heterocycles. The van der Waals surface area contributed by atoms with E-state index in [-0.39, 0.29) is 11.7 Å². The lowest BCUT2D eigenvalue weighted by Crippen LogP contribution is -2.15. The molecule has 0 unspecified atom stereocenters. The second-order valence-electron chi connectivity index (χ2n) is 8.08. The van der Waals surface area contributed by atoms with Gasteiger partial charge in [-0.15, -0.1) is 10.2 Å². The van der Waals surface area contributed by atoms with Crippen LogP contribution in [-0.2, 0) is 11.2 Å². The summed E-state index contributed by atoms with van der Waals surface area (Å²) in [6.45, 7) is 4.14. The minimum absolute atomic E-state index is 0.0710. The van der Waals surface area contributed by atoms with Crippen LogP contribution in [0.25, 0.3) is 28.0 Å². The van der Waals surface area contributed by atoms with Gasteiger partial charge in [0.1, 0.15) is 0 Å². The van der Waals surface area contributed by atoms with E-state index in [0.717, 1.165) is 51.2 Å². The Morgan fingerprint density at radius 2 is 1.85 bits per heavy atom. The molecule has 2 N–H and O–H groups in total. The molecule has 170 valence electrons. The number of para-hydroxylation sites is 2. The minimum Gasteiger partial charge on any atom is -0.360 e. The Bertz CT molecular complexity index is 1470. The Morgan fingerprint density at radius 1 is 1.03 bits per heavy atom. The highest BCUT2D eigenvalue weighted by Gasteiger charge is 2.20. The maximum absolute atomic E-state index is 12.8. The molecule has 0 bridgehead atoms. The molecule has 0 spiro atoms. The number of aryl methyl sites for hydroxylation is 2. The maximum atomic E-state index is 12.8. The molecule has 7 heteroatoms. The summed E-state index contributed by atoms with van der Waals surface area (Å²) in [5.41, 5.74) is 6.09. The van der Waals surface area contributed by atoms with E-state index in [2.05, 4.69) is 52.5 Å². The molecule has 3 aromatic carbocycles. The molecule has 0 atom stereocenters. The fourth-order valence-corrected chi connectivity index (χ4v) is 4.81. The van der Waals surface area contributed by atoms with E-state index in [1.165, 1.54) is 11.8 Å². The van der Waals surface area contributed by atoms with Gasteiger partial charge in [0.05, 0.1) is 5.75 Å². The number of rotatable bonds is 7. The number of amides is 1. The van der Waals surface area contributed by atoms with Crippen LogP contribution < -0.4 is 5.32 Å². The third kappa shape index (κ3) is 4.34. The van der Waals surface area contributed by atoms with Crippen molar-refractivity contribution < 1.29 is 4.79 Å². The van der Waals surface area contributed by atoms with Crippen molar-refractivity contribution >= 4 is 34.3 Å². The summed E-state index contributed by atoms with van der Waals surface area (Å²) in [6.07, 6.45) is 2.82. The lowest BCUT2D eigenvalue weighted by atomic mass is 10.1. The van der Waals surface area contributed by atoms with Crippen molar-refractivity contribution in [1.29, 1.82) is 0 Å². The number of aromatic nitrogens is 4. The molecular formula is C27H25N5OS. The van der Waals surface area contributed by atoms with E-state index < -0.39 is 0 Å². The standard InChI is InChI=1S/C27H25N5OS/c1-3-19-10-4-6-13-23(19)29-25(33)17-34-27-31-30-26(32(27)20-11-8-9-18(2)15-20)22-16-28-24-14-7-5-12-21(22)24/h4-16,28H,3,17H2,1-2H3,(H,29,33).